The fourth-order valence-electron chi connectivity index (χ4n) is 3.77. The highest BCUT2D eigenvalue weighted by molar-refractivity contribution is 5.78. The standard InChI is InChI=1S/C20H22FNO2/c1-10-5-11(2)17(12(3)6-10)14-7-13(4)18(21)15(8-14)20(22)9-16(20)19(23)24/h5-8,16H,9,22H2,1-4H3,(H,23,24)/t16-,20?/m1/s1. The first-order valence-electron chi connectivity index (χ1n) is 8.05. The molecule has 3 nitrogen and oxygen atoms in total. The Bertz CT molecular complexity index is 836. The van der Waals surface area contributed by atoms with Crippen molar-refractivity contribution in [2.75, 3.05) is 0 Å². The summed E-state index contributed by atoms with van der Waals surface area (Å²) < 4.78 is 14.7. The fourth-order valence-corrected chi connectivity index (χ4v) is 3.77. The molecule has 0 heterocycles. The molecule has 0 aromatic heterocycles. The van der Waals surface area contributed by atoms with Crippen LogP contribution in [0.1, 0.15) is 34.2 Å². The number of nitrogens with two attached hydrogens (primary N) is 1. The predicted octanol–water partition coefficient (Wildman–Crippen LogP) is 3.98. The van der Waals surface area contributed by atoms with Gasteiger partial charge in [-0.05, 0) is 74.1 Å². The third-order valence-electron chi connectivity index (χ3n) is 5.02. The van der Waals surface area contributed by atoms with Crippen LogP contribution in [0.4, 0.5) is 4.39 Å². The van der Waals surface area contributed by atoms with Gasteiger partial charge in [0.1, 0.15) is 5.82 Å². The van der Waals surface area contributed by atoms with E-state index in [4.69, 9.17) is 5.73 Å². The first kappa shape index (κ1) is 16.7. The van der Waals surface area contributed by atoms with Gasteiger partial charge in [-0.15, -0.1) is 0 Å². The molecule has 1 unspecified atom stereocenters. The highest BCUT2D eigenvalue weighted by Gasteiger charge is 2.58. The maximum atomic E-state index is 14.7. The quantitative estimate of drug-likeness (QED) is 0.896. The topological polar surface area (TPSA) is 63.3 Å². The van der Waals surface area contributed by atoms with Gasteiger partial charge < -0.3 is 10.8 Å². The number of hydrogen-bond acceptors (Lipinski definition) is 2. The van der Waals surface area contributed by atoms with Crippen LogP contribution in [0.25, 0.3) is 11.1 Å². The van der Waals surface area contributed by atoms with Crippen molar-refractivity contribution in [3.63, 3.8) is 0 Å². The summed E-state index contributed by atoms with van der Waals surface area (Å²) in [6.07, 6.45) is 0.272. The molecule has 0 saturated heterocycles. The van der Waals surface area contributed by atoms with Crippen molar-refractivity contribution in [2.45, 2.75) is 39.7 Å². The lowest BCUT2D eigenvalue weighted by Gasteiger charge is -2.18. The summed E-state index contributed by atoms with van der Waals surface area (Å²) in [5, 5.41) is 9.21. The zero-order valence-corrected chi connectivity index (χ0v) is 14.4. The first-order chi connectivity index (χ1) is 11.1. The van der Waals surface area contributed by atoms with E-state index in [1.165, 1.54) is 5.56 Å². The van der Waals surface area contributed by atoms with Gasteiger partial charge in [0.05, 0.1) is 11.5 Å². The minimum atomic E-state index is -1.11. The van der Waals surface area contributed by atoms with Gasteiger partial charge in [0, 0.05) is 5.56 Å². The highest BCUT2D eigenvalue weighted by Crippen LogP contribution is 2.51. The van der Waals surface area contributed by atoms with Gasteiger partial charge >= 0.3 is 5.97 Å². The summed E-state index contributed by atoms with van der Waals surface area (Å²) in [6.45, 7) is 7.80. The third-order valence-corrected chi connectivity index (χ3v) is 5.02. The Labute approximate surface area is 141 Å². The van der Waals surface area contributed by atoms with Crippen LogP contribution >= 0.6 is 0 Å². The lowest BCUT2D eigenvalue weighted by atomic mass is 9.89. The molecule has 0 bridgehead atoms. The summed E-state index contributed by atoms with van der Waals surface area (Å²) in [5.74, 6) is -2.09. The van der Waals surface area contributed by atoms with E-state index < -0.39 is 23.2 Å². The Morgan fingerprint density at radius 1 is 1.12 bits per heavy atom. The number of carbonyl (C=O) groups is 1. The summed E-state index contributed by atoms with van der Waals surface area (Å²) in [7, 11) is 0. The molecule has 1 saturated carbocycles. The van der Waals surface area contributed by atoms with E-state index >= 15 is 0 Å². The van der Waals surface area contributed by atoms with Gasteiger partial charge in [-0.3, -0.25) is 4.79 Å². The minimum absolute atomic E-state index is 0.272. The molecule has 1 fully saturated rings. The van der Waals surface area contributed by atoms with Crippen molar-refractivity contribution in [2.24, 2.45) is 11.7 Å². The van der Waals surface area contributed by atoms with Crippen LogP contribution < -0.4 is 5.73 Å². The maximum absolute atomic E-state index is 14.7. The van der Waals surface area contributed by atoms with E-state index in [0.717, 1.165) is 22.3 Å². The molecule has 2 aromatic rings. The molecule has 2 atom stereocenters. The van der Waals surface area contributed by atoms with Gasteiger partial charge in [-0.1, -0.05) is 17.7 Å². The maximum Gasteiger partial charge on any atom is 0.308 e. The van der Waals surface area contributed by atoms with Gasteiger partial charge in [0.15, 0.2) is 0 Å². The largest absolute Gasteiger partial charge is 0.481 e. The van der Waals surface area contributed by atoms with E-state index in [2.05, 4.69) is 12.1 Å². The van der Waals surface area contributed by atoms with Crippen molar-refractivity contribution < 1.29 is 14.3 Å². The molecule has 24 heavy (non-hydrogen) atoms. The van der Waals surface area contributed by atoms with Gasteiger partial charge in [0.25, 0.3) is 0 Å². The first-order valence-corrected chi connectivity index (χ1v) is 8.05. The van der Waals surface area contributed by atoms with Gasteiger partial charge in [0.2, 0.25) is 0 Å². The second-order valence-corrected chi connectivity index (χ2v) is 7.06. The van der Waals surface area contributed by atoms with E-state index in [9.17, 15) is 14.3 Å². The van der Waals surface area contributed by atoms with Crippen LogP contribution in [0, 0.1) is 39.4 Å². The average molecular weight is 327 g/mol. The number of rotatable bonds is 3. The Kier molecular flexibility index (Phi) is 3.76. The SMILES string of the molecule is Cc1cc(C)c(-c2cc(C)c(F)c(C3(N)C[C@@H]3C(=O)O)c2)c(C)c1. The molecule has 0 spiro atoms. The highest BCUT2D eigenvalue weighted by atomic mass is 19.1. The van der Waals surface area contributed by atoms with Crippen LogP contribution in [0.15, 0.2) is 24.3 Å². The number of carboxylic acid groups (broad SMARTS) is 1. The lowest BCUT2D eigenvalue weighted by Crippen LogP contribution is -2.27. The van der Waals surface area contributed by atoms with E-state index in [1.54, 1.807) is 13.0 Å². The third kappa shape index (κ3) is 2.51. The molecular weight excluding hydrogens is 305 g/mol. The van der Waals surface area contributed by atoms with Crippen molar-refractivity contribution in [3.8, 4) is 11.1 Å². The van der Waals surface area contributed by atoms with Crippen molar-refractivity contribution in [1.82, 2.24) is 0 Å². The Morgan fingerprint density at radius 2 is 1.71 bits per heavy atom. The number of halogens is 1. The minimum Gasteiger partial charge on any atom is -0.481 e. The molecule has 126 valence electrons. The Morgan fingerprint density at radius 3 is 2.21 bits per heavy atom. The Balaban J connectivity index is 2.18. The van der Waals surface area contributed by atoms with Crippen LogP contribution in [0.5, 0.6) is 0 Å². The molecule has 3 rings (SSSR count). The van der Waals surface area contributed by atoms with E-state index in [1.807, 2.05) is 26.8 Å². The smallest absolute Gasteiger partial charge is 0.308 e. The molecule has 4 heteroatoms. The number of benzene rings is 2. The molecule has 0 radical (unpaired) electrons. The molecule has 1 aliphatic carbocycles. The number of aryl methyl sites for hydroxylation is 4. The summed E-state index contributed by atoms with van der Waals surface area (Å²) in [6, 6.07) is 7.73. The summed E-state index contributed by atoms with van der Waals surface area (Å²) >= 11 is 0. The summed E-state index contributed by atoms with van der Waals surface area (Å²) in [4.78, 5) is 11.2. The van der Waals surface area contributed by atoms with E-state index in [0.29, 0.717) is 11.1 Å². The van der Waals surface area contributed by atoms with Crippen LogP contribution in [-0.4, -0.2) is 11.1 Å². The van der Waals surface area contributed by atoms with Crippen LogP contribution in [0.2, 0.25) is 0 Å². The zero-order chi connectivity index (χ0) is 17.8. The zero-order valence-electron chi connectivity index (χ0n) is 14.4. The number of hydrogen-bond donors (Lipinski definition) is 2. The van der Waals surface area contributed by atoms with Gasteiger partial charge in [-0.25, -0.2) is 4.39 Å². The lowest BCUT2D eigenvalue weighted by molar-refractivity contribution is -0.139. The van der Waals surface area contributed by atoms with Crippen LogP contribution in [0.3, 0.4) is 0 Å². The second-order valence-electron chi connectivity index (χ2n) is 7.06. The molecule has 3 N–H and O–H groups in total. The molecule has 0 aliphatic heterocycles. The number of aliphatic carboxylic acids is 1. The number of carboxylic acids is 1. The second kappa shape index (κ2) is 5.42. The predicted molar refractivity (Wildman–Crippen MR) is 92.4 cm³/mol. The van der Waals surface area contributed by atoms with Crippen molar-refractivity contribution in [1.29, 1.82) is 0 Å². The molecular formula is C20H22FNO2. The molecule has 1 aliphatic rings. The molecule has 0 amide bonds. The summed E-state index contributed by atoms with van der Waals surface area (Å²) in [5.41, 5.74) is 11.2. The van der Waals surface area contributed by atoms with Crippen LogP contribution in [-0.2, 0) is 10.3 Å². The van der Waals surface area contributed by atoms with Gasteiger partial charge in [-0.2, -0.15) is 0 Å². The normalized spacial score (nSPS) is 22.5. The van der Waals surface area contributed by atoms with E-state index in [-0.39, 0.29) is 6.42 Å². The Hall–Kier alpha value is -2.20. The average Bonchev–Trinajstić information content (AvgIpc) is 3.15. The fraction of sp³-hybridized carbons (Fsp3) is 0.350. The van der Waals surface area contributed by atoms with Crippen molar-refractivity contribution in [3.05, 3.63) is 57.9 Å². The monoisotopic (exact) mass is 327 g/mol. The van der Waals surface area contributed by atoms with Crippen molar-refractivity contribution >= 4 is 5.97 Å². The molecule has 2 aromatic carbocycles.